The lowest BCUT2D eigenvalue weighted by atomic mass is 10.1. The highest BCUT2D eigenvalue weighted by Gasteiger charge is 2.22. The zero-order valence-corrected chi connectivity index (χ0v) is 18.4. The maximum absolute atomic E-state index is 14.5. The third-order valence-electron chi connectivity index (χ3n) is 4.97. The number of carbonyl (C=O) groups excluding carboxylic acids is 1. The van der Waals surface area contributed by atoms with Gasteiger partial charge in [0.1, 0.15) is 11.6 Å². The smallest absolute Gasteiger partial charge is 0.233 e. The van der Waals surface area contributed by atoms with Crippen LogP contribution in [0.15, 0.2) is 82.6 Å². The first-order valence-corrected chi connectivity index (χ1v) is 11.2. The molecule has 164 valence electrons. The molecule has 2 heterocycles. The summed E-state index contributed by atoms with van der Waals surface area (Å²) in [5, 5.41) is 11.6. The molecular formula is C24H23FN4O2S. The Balaban J connectivity index is 1.53. The van der Waals surface area contributed by atoms with Crippen molar-refractivity contribution < 1.29 is 13.6 Å². The number of nitrogens with zero attached hydrogens (tertiary/aromatic N) is 3. The second kappa shape index (κ2) is 10.3. The van der Waals surface area contributed by atoms with E-state index in [0.29, 0.717) is 35.4 Å². The van der Waals surface area contributed by atoms with Crippen molar-refractivity contribution in [1.82, 2.24) is 20.1 Å². The summed E-state index contributed by atoms with van der Waals surface area (Å²) in [6.07, 6.45) is 2.30. The average Bonchev–Trinajstić information content (AvgIpc) is 3.47. The molecule has 0 bridgehead atoms. The standard InChI is InChI=1S/C24H23FN4O2S/c1-17(23(30)26-16-19-10-7-15-31-19)32-24-28-27-22(20-11-5-6-12-21(20)25)29(24)14-13-18-8-3-2-4-9-18/h2-12,15,17H,13-14,16H2,1H3,(H,26,30)/t17-/m1/s1. The summed E-state index contributed by atoms with van der Waals surface area (Å²) in [6, 6.07) is 20.1. The topological polar surface area (TPSA) is 73.0 Å². The fraction of sp³-hybridized carbons (Fsp3) is 0.208. The Morgan fingerprint density at radius 1 is 1.09 bits per heavy atom. The summed E-state index contributed by atoms with van der Waals surface area (Å²) < 4.78 is 21.6. The van der Waals surface area contributed by atoms with E-state index in [0.717, 1.165) is 12.0 Å². The maximum atomic E-state index is 14.5. The summed E-state index contributed by atoms with van der Waals surface area (Å²) in [5.41, 5.74) is 1.54. The van der Waals surface area contributed by atoms with Crippen molar-refractivity contribution in [2.45, 2.75) is 36.8 Å². The largest absolute Gasteiger partial charge is 0.467 e. The average molecular weight is 451 g/mol. The van der Waals surface area contributed by atoms with Crippen LogP contribution in [0.2, 0.25) is 0 Å². The molecule has 1 atom stereocenters. The van der Waals surface area contributed by atoms with E-state index in [1.54, 1.807) is 43.5 Å². The minimum atomic E-state index is -0.418. The number of furan rings is 1. The minimum Gasteiger partial charge on any atom is -0.467 e. The third-order valence-corrected chi connectivity index (χ3v) is 6.05. The fourth-order valence-electron chi connectivity index (χ4n) is 3.25. The van der Waals surface area contributed by atoms with E-state index in [1.165, 1.54) is 17.8 Å². The number of hydrogen-bond acceptors (Lipinski definition) is 5. The van der Waals surface area contributed by atoms with E-state index in [1.807, 2.05) is 34.9 Å². The summed E-state index contributed by atoms with van der Waals surface area (Å²) in [4.78, 5) is 12.6. The predicted octanol–water partition coefficient (Wildman–Crippen LogP) is 4.72. The van der Waals surface area contributed by atoms with Crippen molar-refractivity contribution in [2.24, 2.45) is 0 Å². The van der Waals surface area contributed by atoms with Gasteiger partial charge in [-0.2, -0.15) is 0 Å². The van der Waals surface area contributed by atoms with Crippen LogP contribution < -0.4 is 5.32 Å². The van der Waals surface area contributed by atoms with Gasteiger partial charge in [-0.25, -0.2) is 4.39 Å². The van der Waals surface area contributed by atoms with Gasteiger partial charge in [0.05, 0.1) is 23.6 Å². The molecule has 0 saturated heterocycles. The molecule has 0 radical (unpaired) electrons. The second-order valence-electron chi connectivity index (χ2n) is 7.23. The van der Waals surface area contributed by atoms with Crippen LogP contribution in [0, 0.1) is 5.82 Å². The van der Waals surface area contributed by atoms with E-state index in [2.05, 4.69) is 15.5 Å². The van der Waals surface area contributed by atoms with Crippen LogP contribution in [0.1, 0.15) is 18.2 Å². The lowest BCUT2D eigenvalue weighted by Gasteiger charge is -2.14. The number of aryl methyl sites for hydroxylation is 1. The number of nitrogens with one attached hydrogen (secondary N) is 1. The van der Waals surface area contributed by atoms with Gasteiger partial charge in [-0.05, 0) is 43.2 Å². The molecule has 2 aromatic heterocycles. The van der Waals surface area contributed by atoms with E-state index in [4.69, 9.17) is 4.42 Å². The van der Waals surface area contributed by atoms with Crippen LogP contribution in [0.25, 0.3) is 11.4 Å². The zero-order valence-electron chi connectivity index (χ0n) is 17.6. The molecule has 0 spiro atoms. The van der Waals surface area contributed by atoms with E-state index in [-0.39, 0.29) is 11.7 Å². The van der Waals surface area contributed by atoms with Crippen LogP contribution in [-0.4, -0.2) is 25.9 Å². The Labute approximate surface area is 189 Å². The highest BCUT2D eigenvalue weighted by atomic mass is 32.2. The van der Waals surface area contributed by atoms with Crippen LogP contribution >= 0.6 is 11.8 Å². The van der Waals surface area contributed by atoms with Crippen LogP contribution in [0.3, 0.4) is 0 Å². The van der Waals surface area contributed by atoms with Gasteiger partial charge >= 0.3 is 0 Å². The van der Waals surface area contributed by atoms with Gasteiger partial charge in [0.25, 0.3) is 0 Å². The first kappa shape index (κ1) is 21.8. The lowest BCUT2D eigenvalue weighted by Crippen LogP contribution is -2.30. The SMILES string of the molecule is C[C@@H](Sc1nnc(-c2ccccc2F)n1CCc1ccccc1)C(=O)NCc1ccco1. The molecule has 0 aliphatic carbocycles. The number of benzene rings is 2. The maximum Gasteiger partial charge on any atom is 0.233 e. The number of aromatic nitrogens is 3. The van der Waals surface area contributed by atoms with Gasteiger partial charge in [0.15, 0.2) is 11.0 Å². The fourth-order valence-corrected chi connectivity index (χ4v) is 4.15. The van der Waals surface area contributed by atoms with Gasteiger partial charge in [-0.1, -0.05) is 54.2 Å². The molecule has 0 unspecified atom stereocenters. The van der Waals surface area contributed by atoms with E-state index >= 15 is 0 Å². The van der Waals surface area contributed by atoms with Gasteiger partial charge in [-0.15, -0.1) is 10.2 Å². The third kappa shape index (κ3) is 5.26. The summed E-state index contributed by atoms with van der Waals surface area (Å²) >= 11 is 1.30. The molecular weight excluding hydrogens is 427 g/mol. The van der Waals surface area contributed by atoms with Crippen molar-refractivity contribution in [2.75, 3.05) is 0 Å². The monoisotopic (exact) mass is 450 g/mol. The molecule has 4 rings (SSSR count). The summed E-state index contributed by atoms with van der Waals surface area (Å²) in [5.74, 6) is 0.631. The first-order valence-electron chi connectivity index (χ1n) is 10.3. The first-order chi connectivity index (χ1) is 15.6. The highest BCUT2D eigenvalue weighted by Crippen LogP contribution is 2.28. The van der Waals surface area contributed by atoms with Crippen LogP contribution in [-0.2, 0) is 24.3 Å². The molecule has 1 N–H and O–H groups in total. The molecule has 8 heteroatoms. The summed E-state index contributed by atoms with van der Waals surface area (Å²) in [6.45, 7) is 2.68. The molecule has 6 nitrogen and oxygen atoms in total. The quantitative estimate of drug-likeness (QED) is 0.374. The van der Waals surface area contributed by atoms with Gasteiger partial charge in [0.2, 0.25) is 5.91 Å². The number of amides is 1. The van der Waals surface area contributed by atoms with Crippen molar-refractivity contribution in [1.29, 1.82) is 0 Å². The Morgan fingerprint density at radius 3 is 2.62 bits per heavy atom. The van der Waals surface area contributed by atoms with Crippen molar-refractivity contribution in [3.05, 3.63) is 90.1 Å². The number of carbonyl (C=O) groups is 1. The van der Waals surface area contributed by atoms with Crippen molar-refractivity contribution in [3.8, 4) is 11.4 Å². The Hall–Kier alpha value is -3.39. The van der Waals surface area contributed by atoms with Gasteiger partial charge < -0.3 is 14.3 Å². The lowest BCUT2D eigenvalue weighted by molar-refractivity contribution is -0.120. The predicted molar refractivity (Wildman–Crippen MR) is 121 cm³/mol. The van der Waals surface area contributed by atoms with Gasteiger partial charge in [0, 0.05) is 6.54 Å². The molecule has 0 saturated carbocycles. The van der Waals surface area contributed by atoms with Crippen LogP contribution in [0.5, 0.6) is 0 Å². The second-order valence-corrected chi connectivity index (χ2v) is 8.54. The van der Waals surface area contributed by atoms with E-state index in [9.17, 15) is 9.18 Å². The Kier molecular flexibility index (Phi) is 7.01. The molecule has 1 amide bonds. The van der Waals surface area contributed by atoms with Crippen molar-refractivity contribution >= 4 is 17.7 Å². The normalized spacial score (nSPS) is 11.9. The number of rotatable bonds is 9. The number of hydrogen-bond donors (Lipinski definition) is 1. The van der Waals surface area contributed by atoms with Gasteiger partial charge in [-0.3, -0.25) is 4.79 Å². The summed E-state index contributed by atoms with van der Waals surface area (Å²) in [7, 11) is 0. The molecule has 2 aromatic carbocycles. The molecule has 4 aromatic rings. The number of halogens is 1. The Morgan fingerprint density at radius 2 is 1.88 bits per heavy atom. The molecule has 32 heavy (non-hydrogen) atoms. The molecule has 0 aliphatic heterocycles. The highest BCUT2D eigenvalue weighted by molar-refractivity contribution is 8.00. The molecule has 0 fully saturated rings. The molecule has 0 aliphatic rings. The van der Waals surface area contributed by atoms with Crippen molar-refractivity contribution in [3.63, 3.8) is 0 Å². The minimum absolute atomic E-state index is 0.142. The van der Waals surface area contributed by atoms with E-state index < -0.39 is 5.25 Å². The Bertz CT molecular complexity index is 1160. The zero-order chi connectivity index (χ0) is 22.3. The number of thioether (sulfide) groups is 1. The van der Waals surface area contributed by atoms with Crippen LogP contribution in [0.4, 0.5) is 4.39 Å².